The number of benzene rings is 2. The largest absolute Gasteiger partial charge is 0.490 e. The third-order valence-corrected chi connectivity index (χ3v) is 10.2. The first-order chi connectivity index (χ1) is 24.0. The van der Waals surface area contributed by atoms with Gasteiger partial charge in [-0.2, -0.15) is 0 Å². The third-order valence-electron chi connectivity index (χ3n) is 9.45. The number of ether oxygens (including phenoxy) is 1. The Morgan fingerprint density at radius 1 is 0.980 bits per heavy atom. The molecule has 11 nitrogen and oxygen atoms in total. The average Bonchev–Trinajstić information content (AvgIpc) is 4.07. The van der Waals surface area contributed by atoms with E-state index < -0.39 is 37.1 Å². The molecule has 0 bridgehead atoms. The predicted molar refractivity (Wildman–Crippen MR) is 192 cm³/mol. The quantitative estimate of drug-likeness (QED) is 0.0897. The summed E-state index contributed by atoms with van der Waals surface area (Å²) in [5, 5.41) is 56.0. The molecule has 1 aromatic heterocycles. The number of para-hydroxylation sites is 1. The number of pyridine rings is 1. The molecule has 2 aliphatic carbocycles. The van der Waals surface area contributed by atoms with E-state index in [1.54, 1.807) is 0 Å². The van der Waals surface area contributed by atoms with E-state index in [-0.39, 0.29) is 12.1 Å². The summed E-state index contributed by atoms with van der Waals surface area (Å²) in [7, 11) is 1.44. The number of rotatable bonds is 19. The van der Waals surface area contributed by atoms with E-state index in [1.807, 2.05) is 42.7 Å². The summed E-state index contributed by atoms with van der Waals surface area (Å²) in [5.74, 6) is 0.908. The van der Waals surface area contributed by atoms with Gasteiger partial charge in [0.05, 0.1) is 19.3 Å². The van der Waals surface area contributed by atoms with Crippen molar-refractivity contribution in [1.82, 2.24) is 20.5 Å². The summed E-state index contributed by atoms with van der Waals surface area (Å²) < 4.78 is 6.24. The number of hydrogen-bond acceptors (Lipinski definition) is 9. The van der Waals surface area contributed by atoms with Crippen molar-refractivity contribution in [1.29, 1.82) is 0 Å². The molecule has 2 aromatic carbocycles. The Balaban J connectivity index is 1.07. The van der Waals surface area contributed by atoms with Gasteiger partial charge in [-0.05, 0) is 91.5 Å². The lowest BCUT2D eigenvalue weighted by molar-refractivity contribution is -0.117. The molecule has 1 heterocycles. The molecule has 2 saturated carbocycles. The number of halogens is 2. The van der Waals surface area contributed by atoms with E-state index in [9.17, 15) is 25.2 Å². The van der Waals surface area contributed by atoms with Crippen LogP contribution in [0.15, 0.2) is 54.9 Å². The minimum Gasteiger partial charge on any atom is -0.490 e. The maximum absolute atomic E-state index is 12.4. The number of aromatic nitrogens is 1. The van der Waals surface area contributed by atoms with Gasteiger partial charge in [0.15, 0.2) is 0 Å². The van der Waals surface area contributed by atoms with Gasteiger partial charge in [0, 0.05) is 53.7 Å². The molecule has 4 atom stereocenters. The van der Waals surface area contributed by atoms with Crippen molar-refractivity contribution in [3.8, 4) is 16.9 Å². The molecule has 0 unspecified atom stereocenters. The summed E-state index contributed by atoms with van der Waals surface area (Å²) in [5.41, 5.74) is 5.04. The summed E-state index contributed by atoms with van der Waals surface area (Å²) in [6.07, 6.45) is 4.81. The second-order valence-electron chi connectivity index (χ2n) is 13.4. The fourth-order valence-electron chi connectivity index (χ4n) is 6.04. The first-order valence-corrected chi connectivity index (χ1v) is 18.0. The number of aliphatic hydroxyl groups excluding tert-OH is 5. The van der Waals surface area contributed by atoms with Crippen LogP contribution < -0.4 is 15.4 Å². The number of hydrogen-bond donors (Lipinski definition) is 7. The fraction of sp³-hybridized carbons (Fsp3) is 0.514. The topological polar surface area (TPSA) is 168 Å². The standard InChI is InChI=1S/C37H48Cl2N4O7/c1-43(21-31(45)34(47)35(48)32(46)22-44)36(49)41-15-6-2-3-7-23-17-30(39)24(18-29(23)38)19-42-37(13-14-37)28-20-40-16-12-26(28)27-8-4-5-9-33(27)50-25-10-11-25/h4-5,8-9,12,16-18,20,25,31-32,34-35,42,44-48H,2-3,6-7,10-11,13-15,19,21-22H2,1H3,(H,41,49)/t31-,32+,34+,35+/m0/s1. The van der Waals surface area contributed by atoms with Crippen molar-refractivity contribution in [2.24, 2.45) is 0 Å². The van der Waals surface area contributed by atoms with Crippen LogP contribution in [0.3, 0.4) is 0 Å². The number of carbonyl (C=O) groups excluding carboxylic acids is 1. The lowest BCUT2D eigenvalue weighted by Gasteiger charge is -2.28. The van der Waals surface area contributed by atoms with Crippen LogP contribution in [-0.2, 0) is 18.5 Å². The number of amides is 2. The van der Waals surface area contributed by atoms with Crippen LogP contribution in [0, 0.1) is 0 Å². The second-order valence-corrected chi connectivity index (χ2v) is 14.2. The van der Waals surface area contributed by atoms with E-state index in [4.69, 9.17) is 33.0 Å². The molecule has 0 saturated heterocycles. The van der Waals surface area contributed by atoms with Crippen LogP contribution in [0.25, 0.3) is 11.1 Å². The van der Waals surface area contributed by atoms with Gasteiger partial charge in [-0.1, -0.05) is 47.8 Å². The normalized spacial score (nSPS) is 17.4. The van der Waals surface area contributed by atoms with Gasteiger partial charge in [-0.25, -0.2) is 4.79 Å². The highest BCUT2D eigenvalue weighted by molar-refractivity contribution is 6.34. The van der Waals surface area contributed by atoms with Crippen molar-refractivity contribution in [2.75, 3.05) is 26.7 Å². The molecule has 3 aromatic rings. The molecule has 2 amide bonds. The van der Waals surface area contributed by atoms with Crippen LogP contribution in [0.4, 0.5) is 4.79 Å². The summed E-state index contributed by atoms with van der Waals surface area (Å²) >= 11 is 13.5. The van der Waals surface area contributed by atoms with Gasteiger partial charge in [0.25, 0.3) is 0 Å². The molecule has 2 fully saturated rings. The maximum Gasteiger partial charge on any atom is 0.317 e. The van der Waals surface area contributed by atoms with Crippen molar-refractivity contribution in [3.05, 3.63) is 81.6 Å². The van der Waals surface area contributed by atoms with E-state index in [2.05, 4.69) is 27.8 Å². The molecule has 272 valence electrons. The SMILES string of the molecule is CN(C[C@H](O)[C@@H](O)[C@H](O)[C@H](O)CO)C(=O)NCCCCCc1cc(Cl)c(CNC2(c3cnccc3-c3ccccc3OC3CC3)CC2)cc1Cl. The zero-order valence-corrected chi connectivity index (χ0v) is 29.8. The van der Waals surface area contributed by atoms with Gasteiger partial charge < -0.3 is 45.8 Å². The molecule has 5 rings (SSSR count). The Morgan fingerprint density at radius 3 is 2.40 bits per heavy atom. The second kappa shape index (κ2) is 17.5. The summed E-state index contributed by atoms with van der Waals surface area (Å²) in [6, 6.07) is 13.7. The molecular weight excluding hydrogens is 683 g/mol. The smallest absolute Gasteiger partial charge is 0.317 e. The minimum atomic E-state index is -1.75. The third kappa shape index (κ3) is 9.86. The zero-order chi connectivity index (χ0) is 35.8. The van der Waals surface area contributed by atoms with E-state index in [0.29, 0.717) is 29.2 Å². The molecule has 2 aliphatic rings. The van der Waals surface area contributed by atoms with Gasteiger partial charge in [0.1, 0.15) is 30.2 Å². The van der Waals surface area contributed by atoms with Crippen molar-refractivity contribution in [2.45, 2.75) is 94.0 Å². The average molecular weight is 732 g/mol. The number of nitrogens with one attached hydrogen (secondary N) is 2. The molecule has 0 spiro atoms. The lowest BCUT2D eigenvalue weighted by Crippen LogP contribution is -2.51. The van der Waals surface area contributed by atoms with Crippen LogP contribution >= 0.6 is 23.2 Å². The number of nitrogens with zero attached hydrogens (tertiary/aromatic N) is 2. The number of carbonyl (C=O) groups is 1. The Morgan fingerprint density at radius 2 is 1.68 bits per heavy atom. The summed E-state index contributed by atoms with van der Waals surface area (Å²) in [4.78, 5) is 18.0. The minimum absolute atomic E-state index is 0.206. The van der Waals surface area contributed by atoms with Crippen molar-refractivity contribution < 1.29 is 35.1 Å². The number of urea groups is 1. The van der Waals surface area contributed by atoms with Gasteiger partial charge in [-0.3, -0.25) is 4.98 Å². The Kier molecular flexibility index (Phi) is 13.4. The van der Waals surface area contributed by atoms with Crippen LogP contribution in [0.5, 0.6) is 5.75 Å². The molecule has 0 aliphatic heterocycles. The number of likely N-dealkylation sites (N-methyl/N-ethyl adjacent to an activating group) is 1. The number of aryl methyl sites for hydroxylation is 1. The molecule has 7 N–H and O–H groups in total. The molecule has 0 radical (unpaired) electrons. The highest BCUT2D eigenvalue weighted by Gasteiger charge is 2.46. The fourth-order valence-corrected chi connectivity index (χ4v) is 6.57. The first-order valence-electron chi connectivity index (χ1n) is 17.3. The Labute approximate surface area is 303 Å². The van der Waals surface area contributed by atoms with E-state index in [1.165, 1.54) is 11.9 Å². The van der Waals surface area contributed by atoms with Gasteiger partial charge in [0.2, 0.25) is 0 Å². The molecular formula is C37H48Cl2N4O7. The highest BCUT2D eigenvalue weighted by Crippen LogP contribution is 2.50. The number of aliphatic hydroxyl groups is 5. The van der Waals surface area contributed by atoms with Gasteiger partial charge in [-0.15, -0.1) is 0 Å². The highest BCUT2D eigenvalue weighted by atomic mass is 35.5. The summed E-state index contributed by atoms with van der Waals surface area (Å²) in [6.45, 7) is -0.0799. The Bertz CT molecular complexity index is 1590. The van der Waals surface area contributed by atoms with Crippen LogP contribution in [0.2, 0.25) is 10.0 Å². The Hall–Kier alpha value is -3.00. The zero-order valence-electron chi connectivity index (χ0n) is 28.3. The maximum atomic E-state index is 12.4. The lowest BCUT2D eigenvalue weighted by atomic mass is 9.94. The van der Waals surface area contributed by atoms with Gasteiger partial charge >= 0.3 is 6.03 Å². The van der Waals surface area contributed by atoms with E-state index >= 15 is 0 Å². The number of unbranched alkanes of at least 4 members (excludes halogenated alkanes) is 2. The van der Waals surface area contributed by atoms with Crippen molar-refractivity contribution in [3.63, 3.8) is 0 Å². The molecule has 50 heavy (non-hydrogen) atoms. The van der Waals surface area contributed by atoms with Crippen LogP contribution in [-0.4, -0.2) is 98.7 Å². The first kappa shape index (κ1) is 38.2. The van der Waals surface area contributed by atoms with Crippen LogP contribution in [0.1, 0.15) is 61.6 Å². The molecule has 13 heteroatoms. The van der Waals surface area contributed by atoms with E-state index in [0.717, 1.165) is 84.9 Å². The monoisotopic (exact) mass is 730 g/mol. The van der Waals surface area contributed by atoms with Crippen molar-refractivity contribution >= 4 is 29.2 Å². The predicted octanol–water partition coefficient (Wildman–Crippen LogP) is 4.17.